The van der Waals surface area contributed by atoms with Gasteiger partial charge in [0.05, 0.1) is 10.8 Å². The van der Waals surface area contributed by atoms with Crippen LogP contribution in [-0.2, 0) is 10.8 Å². The highest BCUT2D eigenvalue weighted by atomic mass is 16.5. The Balaban J connectivity index is 1.19. The topological polar surface area (TPSA) is 9.23 Å². The van der Waals surface area contributed by atoms with E-state index in [2.05, 4.69) is 207 Å². The molecule has 9 aromatic rings. The molecule has 1 unspecified atom stereocenters. The van der Waals surface area contributed by atoms with E-state index >= 15 is 0 Å². The van der Waals surface area contributed by atoms with E-state index in [4.69, 9.17) is 4.74 Å². The Labute approximate surface area is 327 Å². The van der Waals surface area contributed by atoms with Crippen LogP contribution in [0.15, 0.2) is 200 Å². The molecule has 12 rings (SSSR count). The van der Waals surface area contributed by atoms with Crippen LogP contribution in [0.25, 0.3) is 44.2 Å². The van der Waals surface area contributed by atoms with E-state index in [1.807, 2.05) is 0 Å². The zero-order chi connectivity index (χ0) is 37.0. The van der Waals surface area contributed by atoms with Gasteiger partial charge in [-0.05, 0) is 108 Å². The van der Waals surface area contributed by atoms with Gasteiger partial charge >= 0.3 is 0 Å². The summed E-state index contributed by atoms with van der Waals surface area (Å²) >= 11 is 0. The van der Waals surface area contributed by atoms with Crippen LogP contribution in [0, 0.1) is 6.92 Å². The second kappa shape index (κ2) is 11.5. The van der Waals surface area contributed by atoms with Crippen LogP contribution in [0.4, 0.5) is 0 Å². The number of aryl methyl sites for hydroxylation is 1. The zero-order valence-electron chi connectivity index (χ0n) is 31.0. The van der Waals surface area contributed by atoms with Gasteiger partial charge in [-0.15, -0.1) is 0 Å². The third-order valence-electron chi connectivity index (χ3n) is 13.0. The normalized spacial score (nSPS) is 16.3. The molecule has 0 amide bonds. The fourth-order valence-corrected chi connectivity index (χ4v) is 10.8. The van der Waals surface area contributed by atoms with Crippen molar-refractivity contribution >= 4 is 10.8 Å². The first kappa shape index (κ1) is 31.4. The van der Waals surface area contributed by atoms with Crippen LogP contribution in [-0.4, -0.2) is 0 Å². The molecule has 0 saturated heterocycles. The fraction of sp³-hybridized carbons (Fsp3) is 0.0545. The molecule has 2 aliphatic carbocycles. The van der Waals surface area contributed by atoms with Crippen molar-refractivity contribution in [2.45, 2.75) is 17.8 Å². The predicted molar refractivity (Wildman–Crippen MR) is 229 cm³/mol. The van der Waals surface area contributed by atoms with Gasteiger partial charge in [-0.1, -0.05) is 182 Å². The fourth-order valence-electron chi connectivity index (χ4n) is 10.8. The number of ether oxygens (including phenoxy) is 1. The molecule has 0 saturated carbocycles. The van der Waals surface area contributed by atoms with Gasteiger partial charge in [0.1, 0.15) is 11.5 Å². The van der Waals surface area contributed by atoms with Crippen molar-refractivity contribution in [3.63, 3.8) is 0 Å². The van der Waals surface area contributed by atoms with Crippen LogP contribution in [0.5, 0.6) is 11.5 Å². The Morgan fingerprint density at radius 1 is 0.357 bits per heavy atom. The van der Waals surface area contributed by atoms with Gasteiger partial charge in [0.15, 0.2) is 0 Å². The molecule has 56 heavy (non-hydrogen) atoms. The van der Waals surface area contributed by atoms with Gasteiger partial charge < -0.3 is 4.74 Å². The second-order valence-corrected chi connectivity index (χ2v) is 15.5. The van der Waals surface area contributed by atoms with Crippen molar-refractivity contribution < 1.29 is 4.74 Å². The summed E-state index contributed by atoms with van der Waals surface area (Å²) in [5.41, 5.74) is 17.8. The molecule has 1 spiro atoms. The number of hydrogen-bond donors (Lipinski definition) is 0. The Morgan fingerprint density at radius 3 is 1.71 bits per heavy atom. The quantitative estimate of drug-likeness (QED) is 0.177. The average Bonchev–Trinajstić information content (AvgIpc) is 3.73. The summed E-state index contributed by atoms with van der Waals surface area (Å²) in [6, 6.07) is 74.3. The highest BCUT2D eigenvalue weighted by molar-refractivity contribution is 6.04. The molecule has 3 aliphatic rings. The highest BCUT2D eigenvalue weighted by Gasteiger charge is 2.52. The van der Waals surface area contributed by atoms with E-state index in [0.29, 0.717) is 0 Å². The number of para-hydroxylation sites is 1. The Bertz CT molecular complexity index is 3030. The molecule has 1 atom stereocenters. The van der Waals surface area contributed by atoms with Crippen molar-refractivity contribution in [1.29, 1.82) is 0 Å². The molecule has 1 nitrogen and oxygen atoms in total. The predicted octanol–water partition coefficient (Wildman–Crippen LogP) is 13.6. The average molecular weight is 713 g/mol. The largest absolute Gasteiger partial charge is 0.457 e. The maximum Gasteiger partial charge on any atom is 0.132 e. The minimum atomic E-state index is -0.570. The summed E-state index contributed by atoms with van der Waals surface area (Å²) in [5.74, 6) is 1.81. The smallest absolute Gasteiger partial charge is 0.132 e. The minimum Gasteiger partial charge on any atom is -0.457 e. The summed E-state index contributed by atoms with van der Waals surface area (Å²) in [6.45, 7) is 2.26. The van der Waals surface area contributed by atoms with Gasteiger partial charge in [0.2, 0.25) is 0 Å². The highest BCUT2D eigenvalue weighted by Crippen LogP contribution is 2.64. The summed E-state index contributed by atoms with van der Waals surface area (Å²) in [4.78, 5) is 0. The minimum absolute atomic E-state index is 0.540. The number of benzene rings is 9. The molecule has 1 heteroatoms. The van der Waals surface area contributed by atoms with Crippen molar-refractivity contribution in [3.05, 3.63) is 250 Å². The van der Waals surface area contributed by atoms with Crippen LogP contribution >= 0.6 is 0 Å². The van der Waals surface area contributed by atoms with E-state index < -0.39 is 10.8 Å². The third kappa shape index (κ3) is 3.89. The lowest BCUT2D eigenvalue weighted by atomic mass is 9.63. The maximum absolute atomic E-state index is 6.95. The first-order chi connectivity index (χ1) is 27.7. The molecule has 9 aromatic carbocycles. The zero-order valence-corrected chi connectivity index (χ0v) is 31.0. The van der Waals surface area contributed by atoms with Gasteiger partial charge in [-0.3, -0.25) is 0 Å². The summed E-state index contributed by atoms with van der Waals surface area (Å²) in [5, 5.41) is 2.55. The van der Waals surface area contributed by atoms with Crippen molar-refractivity contribution in [2.24, 2.45) is 0 Å². The van der Waals surface area contributed by atoms with Gasteiger partial charge in [0, 0.05) is 11.1 Å². The van der Waals surface area contributed by atoms with Crippen molar-refractivity contribution in [1.82, 2.24) is 0 Å². The van der Waals surface area contributed by atoms with Crippen LogP contribution in [0.3, 0.4) is 0 Å². The Morgan fingerprint density at radius 2 is 0.946 bits per heavy atom. The second-order valence-electron chi connectivity index (χ2n) is 15.5. The molecule has 0 aromatic heterocycles. The molecular formula is C55H36O. The van der Waals surface area contributed by atoms with E-state index in [1.54, 1.807) is 0 Å². The van der Waals surface area contributed by atoms with Gasteiger partial charge in [-0.2, -0.15) is 0 Å². The lowest BCUT2D eigenvalue weighted by Crippen LogP contribution is -2.33. The van der Waals surface area contributed by atoms with E-state index in [-0.39, 0.29) is 0 Å². The molecule has 1 heterocycles. The molecule has 262 valence electrons. The third-order valence-corrected chi connectivity index (χ3v) is 13.0. The monoisotopic (exact) mass is 712 g/mol. The number of rotatable bonds is 3. The van der Waals surface area contributed by atoms with Crippen LogP contribution in [0.1, 0.15) is 50.1 Å². The Hall–Kier alpha value is -6.96. The summed E-state index contributed by atoms with van der Waals surface area (Å²) in [7, 11) is 0. The van der Waals surface area contributed by atoms with Crippen molar-refractivity contribution in [3.8, 4) is 44.9 Å². The van der Waals surface area contributed by atoms with Gasteiger partial charge in [-0.25, -0.2) is 0 Å². The maximum atomic E-state index is 6.95. The van der Waals surface area contributed by atoms with E-state index in [0.717, 1.165) is 11.5 Å². The van der Waals surface area contributed by atoms with Gasteiger partial charge in [0.25, 0.3) is 0 Å². The molecular weight excluding hydrogens is 677 g/mol. The first-order valence-corrected chi connectivity index (χ1v) is 19.6. The van der Waals surface area contributed by atoms with Crippen LogP contribution in [0.2, 0.25) is 0 Å². The molecule has 0 N–H and O–H groups in total. The molecule has 0 radical (unpaired) electrons. The molecule has 0 fully saturated rings. The summed E-state index contributed by atoms with van der Waals surface area (Å²) < 4.78 is 6.95. The first-order valence-electron chi connectivity index (χ1n) is 19.6. The number of hydrogen-bond acceptors (Lipinski definition) is 1. The summed E-state index contributed by atoms with van der Waals surface area (Å²) in [6.07, 6.45) is 0. The SMILES string of the molecule is Cc1ccc(C2(c3ccccc3)c3ccccc3-c3c2ccc2ccccc32)cc1-c1cccc2c1C1(c3ccccc3O2)c2ccccc2-c2ccccc21. The van der Waals surface area contributed by atoms with Crippen LogP contribution < -0.4 is 4.74 Å². The Kier molecular flexibility index (Phi) is 6.46. The lowest BCUT2D eigenvalue weighted by molar-refractivity contribution is 0.437. The number of fused-ring (bicyclic) bond motifs is 14. The van der Waals surface area contributed by atoms with Crippen molar-refractivity contribution in [2.75, 3.05) is 0 Å². The standard InChI is InChI=1S/C55H36O/c1-35-30-32-38(54(37-17-3-2-4-18-37)47-26-12-9-22-43(47)52-39-19-6-5-16-36(39)31-33-49(52)54)34-44(35)42-23-15-29-51-53(42)55(48-27-13-14-28-50(48)56-51)45-24-10-7-20-40(45)41-21-8-11-25-46(41)55/h2-34H,1H3. The van der Waals surface area contributed by atoms with E-state index in [1.165, 1.54) is 94.2 Å². The lowest BCUT2D eigenvalue weighted by Gasteiger charge is -2.41. The molecule has 1 aliphatic heterocycles. The molecule has 0 bridgehead atoms. The van der Waals surface area contributed by atoms with E-state index in [9.17, 15) is 0 Å².